The molecule has 0 atom stereocenters. The van der Waals surface area contributed by atoms with E-state index in [4.69, 9.17) is 11.6 Å². The van der Waals surface area contributed by atoms with Gasteiger partial charge in [-0.05, 0) is 38.1 Å². The van der Waals surface area contributed by atoms with Gasteiger partial charge in [-0.3, -0.25) is 4.79 Å². The molecule has 2 aromatic carbocycles. The van der Waals surface area contributed by atoms with Crippen molar-refractivity contribution in [2.75, 3.05) is 0 Å². The molecular formula is C16H16ClNO3S. The summed E-state index contributed by atoms with van der Waals surface area (Å²) in [5.41, 5.74) is -0.814. The van der Waals surface area contributed by atoms with Crippen LogP contribution in [0.15, 0.2) is 59.5 Å². The van der Waals surface area contributed by atoms with Gasteiger partial charge in [0.25, 0.3) is 0 Å². The summed E-state index contributed by atoms with van der Waals surface area (Å²) < 4.78 is 27.2. The van der Waals surface area contributed by atoms with E-state index in [0.717, 1.165) is 0 Å². The Labute approximate surface area is 135 Å². The van der Waals surface area contributed by atoms with Crippen LogP contribution in [0.4, 0.5) is 0 Å². The number of sulfonamides is 1. The number of nitrogens with one attached hydrogen (secondary N) is 1. The largest absolute Gasteiger partial charge is 0.292 e. The molecule has 0 saturated heterocycles. The van der Waals surface area contributed by atoms with Crippen LogP contribution in [-0.4, -0.2) is 19.7 Å². The van der Waals surface area contributed by atoms with Crippen molar-refractivity contribution in [3.63, 3.8) is 0 Å². The fraction of sp³-hybridized carbons (Fsp3) is 0.188. The average molecular weight is 338 g/mol. The fourth-order valence-electron chi connectivity index (χ4n) is 2.01. The molecule has 0 aliphatic carbocycles. The summed E-state index contributed by atoms with van der Waals surface area (Å²) in [6.07, 6.45) is 0. The summed E-state index contributed by atoms with van der Waals surface area (Å²) in [6.45, 7) is 3.08. The average Bonchev–Trinajstić information content (AvgIpc) is 2.46. The molecular weight excluding hydrogens is 322 g/mol. The van der Waals surface area contributed by atoms with E-state index in [0.29, 0.717) is 10.6 Å². The van der Waals surface area contributed by atoms with E-state index in [1.54, 1.807) is 30.3 Å². The minimum atomic E-state index is -3.82. The molecule has 0 radical (unpaired) electrons. The second-order valence-electron chi connectivity index (χ2n) is 5.38. The molecule has 0 unspecified atom stereocenters. The zero-order chi connectivity index (χ0) is 16.4. The molecule has 6 heteroatoms. The monoisotopic (exact) mass is 337 g/mol. The topological polar surface area (TPSA) is 63.2 Å². The van der Waals surface area contributed by atoms with Crippen LogP contribution in [0, 0.1) is 0 Å². The number of rotatable bonds is 5. The lowest BCUT2D eigenvalue weighted by atomic mass is 9.94. The van der Waals surface area contributed by atoms with Crippen LogP contribution in [-0.2, 0) is 10.0 Å². The van der Waals surface area contributed by atoms with Crippen LogP contribution < -0.4 is 4.72 Å². The Balaban J connectivity index is 2.27. The summed E-state index contributed by atoms with van der Waals surface area (Å²) in [5.74, 6) is -0.300. The fourth-order valence-corrected chi connectivity index (χ4v) is 3.51. The van der Waals surface area contributed by atoms with E-state index in [-0.39, 0.29) is 10.7 Å². The van der Waals surface area contributed by atoms with Crippen LogP contribution >= 0.6 is 11.6 Å². The molecule has 0 aliphatic rings. The summed E-state index contributed by atoms with van der Waals surface area (Å²) >= 11 is 5.76. The van der Waals surface area contributed by atoms with Gasteiger partial charge >= 0.3 is 0 Å². The van der Waals surface area contributed by atoms with Crippen molar-refractivity contribution in [2.45, 2.75) is 24.3 Å². The Bertz CT molecular complexity index is 769. The second kappa shape index (κ2) is 6.20. The van der Waals surface area contributed by atoms with Gasteiger partial charge in [0.15, 0.2) is 5.78 Å². The van der Waals surface area contributed by atoms with Gasteiger partial charge in [0.2, 0.25) is 10.0 Å². The summed E-state index contributed by atoms with van der Waals surface area (Å²) in [4.78, 5) is 12.5. The number of carbonyl (C=O) groups is 1. The molecule has 0 fully saturated rings. The van der Waals surface area contributed by atoms with Crippen LogP contribution in [0.25, 0.3) is 0 Å². The molecule has 116 valence electrons. The summed E-state index contributed by atoms with van der Waals surface area (Å²) in [7, 11) is -3.82. The van der Waals surface area contributed by atoms with Gasteiger partial charge in [0, 0.05) is 10.6 Å². The third-order valence-electron chi connectivity index (χ3n) is 3.12. The number of carbonyl (C=O) groups excluding carboxylic acids is 1. The maximum Gasteiger partial charge on any atom is 0.241 e. The molecule has 22 heavy (non-hydrogen) atoms. The number of halogens is 1. The van der Waals surface area contributed by atoms with Gasteiger partial charge in [0.05, 0.1) is 10.4 Å². The molecule has 1 N–H and O–H groups in total. The highest BCUT2D eigenvalue weighted by Crippen LogP contribution is 2.19. The van der Waals surface area contributed by atoms with Crippen molar-refractivity contribution in [3.05, 3.63) is 65.2 Å². The molecule has 0 aromatic heterocycles. The third-order valence-corrected chi connectivity index (χ3v) is 5.04. The maximum atomic E-state index is 12.5. The molecule has 0 bridgehead atoms. The Hall–Kier alpha value is -1.69. The lowest BCUT2D eigenvalue weighted by Gasteiger charge is -2.24. The summed E-state index contributed by atoms with van der Waals surface area (Å²) in [6, 6.07) is 14.3. The van der Waals surface area contributed by atoms with Crippen molar-refractivity contribution in [2.24, 2.45) is 0 Å². The predicted molar refractivity (Wildman–Crippen MR) is 86.6 cm³/mol. The standard InChI is InChI=1S/C16H16ClNO3S/c1-16(2,15(19)12-6-4-3-5-7-12)18-22(20,21)14-10-8-13(17)9-11-14/h3-11,18H,1-2H3. The lowest BCUT2D eigenvalue weighted by molar-refractivity contribution is 0.0901. The summed E-state index contributed by atoms with van der Waals surface area (Å²) in [5, 5.41) is 0.443. The van der Waals surface area contributed by atoms with Crippen molar-refractivity contribution in [1.82, 2.24) is 4.72 Å². The Morgan fingerprint density at radius 3 is 2.09 bits per heavy atom. The smallest absolute Gasteiger partial charge is 0.241 e. The molecule has 2 aromatic rings. The van der Waals surface area contributed by atoms with Crippen LogP contribution in [0.5, 0.6) is 0 Å². The van der Waals surface area contributed by atoms with E-state index in [9.17, 15) is 13.2 Å². The van der Waals surface area contributed by atoms with E-state index in [1.807, 2.05) is 0 Å². The van der Waals surface area contributed by atoms with E-state index < -0.39 is 15.6 Å². The number of hydrogen-bond acceptors (Lipinski definition) is 3. The number of benzene rings is 2. The normalized spacial score (nSPS) is 12.1. The van der Waals surface area contributed by atoms with Crippen molar-refractivity contribution in [3.8, 4) is 0 Å². The first-order chi connectivity index (χ1) is 10.2. The first-order valence-electron chi connectivity index (χ1n) is 6.62. The predicted octanol–water partition coefficient (Wildman–Crippen LogP) is 3.28. The van der Waals surface area contributed by atoms with Gasteiger partial charge in [-0.1, -0.05) is 41.9 Å². The molecule has 0 amide bonds. The molecule has 0 aliphatic heterocycles. The third kappa shape index (κ3) is 3.74. The van der Waals surface area contributed by atoms with Crippen molar-refractivity contribution in [1.29, 1.82) is 0 Å². The van der Waals surface area contributed by atoms with Crippen LogP contribution in [0.1, 0.15) is 24.2 Å². The molecule has 0 spiro atoms. The first kappa shape index (κ1) is 16.7. The van der Waals surface area contributed by atoms with Gasteiger partial charge in [0.1, 0.15) is 0 Å². The molecule has 2 rings (SSSR count). The Morgan fingerprint density at radius 2 is 1.55 bits per heavy atom. The zero-order valence-corrected chi connectivity index (χ0v) is 13.8. The van der Waals surface area contributed by atoms with Gasteiger partial charge in [-0.2, -0.15) is 4.72 Å². The quantitative estimate of drug-likeness (QED) is 0.852. The highest BCUT2D eigenvalue weighted by atomic mass is 35.5. The van der Waals surface area contributed by atoms with E-state index >= 15 is 0 Å². The lowest BCUT2D eigenvalue weighted by Crippen LogP contribution is -2.49. The highest BCUT2D eigenvalue weighted by molar-refractivity contribution is 7.89. The van der Waals surface area contributed by atoms with Crippen LogP contribution in [0.3, 0.4) is 0 Å². The second-order valence-corrected chi connectivity index (χ2v) is 7.50. The minimum absolute atomic E-state index is 0.0610. The van der Waals surface area contributed by atoms with Crippen LogP contribution in [0.2, 0.25) is 5.02 Å². The van der Waals surface area contributed by atoms with Crippen molar-refractivity contribution >= 4 is 27.4 Å². The number of hydrogen-bond donors (Lipinski definition) is 1. The zero-order valence-electron chi connectivity index (χ0n) is 12.2. The van der Waals surface area contributed by atoms with E-state index in [2.05, 4.69) is 4.72 Å². The highest BCUT2D eigenvalue weighted by Gasteiger charge is 2.33. The molecule has 0 heterocycles. The first-order valence-corrected chi connectivity index (χ1v) is 8.48. The van der Waals surface area contributed by atoms with Gasteiger partial charge in [-0.25, -0.2) is 8.42 Å². The Morgan fingerprint density at radius 1 is 1.00 bits per heavy atom. The number of Topliss-reactive ketones (excluding diaryl/α,β-unsaturated/α-hetero) is 1. The number of ketones is 1. The Kier molecular flexibility index (Phi) is 4.70. The molecule has 4 nitrogen and oxygen atoms in total. The van der Waals surface area contributed by atoms with Gasteiger partial charge < -0.3 is 0 Å². The van der Waals surface area contributed by atoms with Crippen molar-refractivity contribution < 1.29 is 13.2 Å². The van der Waals surface area contributed by atoms with E-state index in [1.165, 1.54) is 38.1 Å². The molecule has 0 saturated carbocycles. The maximum absolute atomic E-state index is 12.5. The minimum Gasteiger partial charge on any atom is -0.292 e. The van der Waals surface area contributed by atoms with Gasteiger partial charge in [-0.15, -0.1) is 0 Å². The SMILES string of the molecule is CC(C)(NS(=O)(=O)c1ccc(Cl)cc1)C(=O)c1ccccc1.